The van der Waals surface area contributed by atoms with E-state index in [0.717, 1.165) is 19.0 Å². The summed E-state index contributed by atoms with van der Waals surface area (Å²) in [6, 6.07) is 1.27. The first kappa shape index (κ1) is 12.5. The van der Waals surface area contributed by atoms with Crippen LogP contribution in [0.25, 0.3) is 0 Å². The summed E-state index contributed by atoms with van der Waals surface area (Å²) >= 11 is 0. The van der Waals surface area contributed by atoms with Crippen LogP contribution in [0.1, 0.15) is 46.0 Å². The Labute approximate surface area is 92.2 Å². The molecule has 1 aliphatic carbocycles. The second-order valence-electron chi connectivity index (χ2n) is 4.42. The van der Waals surface area contributed by atoms with Gasteiger partial charge in [-0.05, 0) is 39.2 Å². The molecule has 0 radical (unpaired) electrons. The number of carbonyl (C=O) groups is 1. The van der Waals surface area contributed by atoms with Gasteiger partial charge < -0.3 is 0 Å². The van der Waals surface area contributed by atoms with E-state index in [4.69, 9.17) is 5.84 Å². The molecular formula is C11H23N3O. The quantitative estimate of drug-likeness (QED) is 0.377. The van der Waals surface area contributed by atoms with E-state index in [-0.39, 0.29) is 5.91 Å². The lowest BCUT2D eigenvalue weighted by Gasteiger charge is -2.28. The van der Waals surface area contributed by atoms with Crippen molar-refractivity contribution in [3.05, 3.63) is 0 Å². The maximum atomic E-state index is 11.0. The van der Waals surface area contributed by atoms with Crippen LogP contribution in [0.4, 0.5) is 0 Å². The molecule has 0 spiro atoms. The van der Waals surface area contributed by atoms with Crippen molar-refractivity contribution >= 4 is 5.91 Å². The van der Waals surface area contributed by atoms with Crippen LogP contribution in [-0.4, -0.2) is 29.4 Å². The van der Waals surface area contributed by atoms with Gasteiger partial charge in [-0.15, -0.1) is 0 Å². The van der Waals surface area contributed by atoms with Gasteiger partial charge in [0.25, 0.3) is 0 Å². The van der Waals surface area contributed by atoms with Crippen LogP contribution in [0.15, 0.2) is 0 Å². The predicted octanol–water partition coefficient (Wildman–Crippen LogP) is 1.02. The van der Waals surface area contributed by atoms with Crippen molar-refractivity contribution in [3.63, 3.8) is 0 Å². The molecule has 1 unspecified atom stereocenters. The van der Waals surface area contributed by atoms with Gasteiger partial charge in [-0.25, -0.2) is 5.84 Å². The molecular weight excluding hydrogens is 190 g/mol. The minimum Gasteiger partial charge on any atom is -0.298 e. The minimum atomic E-state index is -0.0610. The third kappa shape index (κ3) is 4.18. The highest BCUT2D eigenvalue weighted by molar-refractivity contribution is 5.75. The number of nitrogens with two attached hydrogens (primary N) is 1. The number of hydrazine groups is 1. The van der Waals surface area contributed by atoms with E-state index in [1.165, 1.54) is 19.3 Å². The van der Waals surface area contributed by atoms with Gasteiger partial charge >= 0.3 is 0 Å². The van der Waals surface area contributed by atoms with Crippen LogP contribution in [0.2, 0.25) is 0 Å². The Hall–Kier alpha value is -0.610. The first-order chi connectivity index (χ1) is 7.19. The van der Waals surface area contributed by atoms with Gasteiger partial charge in [0.05, 0.1) is 0 Å². The average Bonchev–Trinajstić information content (AvgIpc) is 3.05. The minimum absolute atomic E-state index is 0.0610. The van der Waals surface area contributed by atoms with E-state index in [9.17, 15) is 4.79 Å². The lowest BCUT2D eigenvalue weighted by atomic mass is 10.1. The Balaban J connectivity index is 2.28. The molecule has 88 valence electrons. The highest BCUT2D eigenvalue weighted by Gasteiger charge is 2.31. The maximum Gasteiger partial charge on any atom is 0.233 e. The Bertz CT molecular complexity index is 204. The van der Waals surface area contributed by atoms with Crippen LogP contribution in [-0.2, 0) is 4.79 Å². The lowest BCUT2D eigenvalue weighted by Crippen LogP contribution is -2.37. The van der Waals surface area contributed by atoms with E-state index in [0.29, 0.717) is 12.5 Å². The first-order valence-corrected chi connectivity index (χ1v) is 5.94. The zero-order valence-corrected chi connectivity index (χ0v) is 9.83. The first-order valence-electron chi connectivity index (χ1n) is 5.94. The smallest absolute Gasteiger partial charge is 0.233 e. The number of hydrogen-bond acceptors (Lipinski definition) is 3. The van der Waals surface area contributed by atoms with Crippen LogP contribution in [0.3, 0.4) is 0 Å². The van der Waals surface area contributed by atoms with Crippen molar-refractivity contribution in [3.8, 4) is 0 Å². The summed E-state index contributed by atoms with van der Waals surface area (Å²) in [6.07, 6.45) is 5.27. The monoisotopic (exact) mass is 213 g/mol. The molecule has 3 N–H and O–H groups in total. The highest BCUT2D eigenvalue weighted by Crippen LogP contribution is 2.29. The fraction of sp³-hybridized carbons (Fsp3) is 0.909. The van der Waals surface area contributed by atoms with E-state index >= 15 is 0 Å². The topological polar surface area (TPSA) is 58.4 Å². The van der Waals surface area contributed by atoms with Gasteiger partial charge in [-0.2, -0.15) is 0 Å². The van der Waals surface area contributed by atoms with Gasteiger partial charge in [-0.1, -0.05) is 6.92 Å². The largest absolute Gasteiger partial charge is 0.298 e. The molecule has 1 atom stereocenters. The van der Waals surface area contributed by atoms with E-state index in [1.54, 1.807) is 0 Å². The summed E-state index contributed by atoms with van der Waals surface area (Å²) in [7, 11) is 0. The van der Waals surface area contributed by atoms with Crippen LogP contribution >= 0.6 is 0 Å². The van der Waals surface area contributed by atoms with E-state index in [1.807, 2.05) is 0 Å². The summed E-state index contributed by atoms with van der Waals surface area (Å²) in [5.41, 5.74) is 2.18. The summed E-state index contributed by atoms with van der Waals surface area (Å²) in [4.78, 5) is 13.6. The van der Waals surface area contributed by atoms with Crippen molar-refractivity contribution in [1.82, 2.24) is 10.3 Å². The maximum absolute atomic E-state index is 11.0. The lowest BCUT2D eigenvalue weighted by molar-refractivity contribution is -0.121. The molecule has 15 heavy (non-hydrogen) atoms. The molecule has 0 bridgehead atoms. The Morgan fingerprint density at radius 1 is 1.60 bits per heavy atom. The summed E-state index contributed by atoms with van der Waals surface area (Å²) in [5.74, 6) is 4.99. The molecule has 0 aromatic rings. The number of nitrogens with one attached hydrogen (secondary N) is 1. The van der Waals surface area contributed by atoms with Gasteiger partial charge in [-0.3, -0.25) is 15.1 Å². The van der Waals surface area contributed by atoms with E-state index in [2.05, 4.69) is 24.2 Å². The fourth-order valence-corrected chi connectivity index (χ4v) is 2.01. The molecule has 4 nitrogen and oxygen atoms in total. The average molecular weight is 213 g/mol. The Morgan fingerprint density at radius 3 is 2.73 bits per heavy atom. The highest BCUT2D eigenvalue weighted by atomic mass is 16.2. The van der Waals surface area contributed by atoms with Gasteiger partial charge in [0.15, 0.2) is 0 Å². The van der Waals surface area contributed by atoms with Crippen molar-refractivity contribution < 1.29 is 4.79 Å². The third-order valence-corrected chi connectivity index (χ3v) is 3.01. The normalized spacial score (nSPS) is 17.9. The Morgan fingerprint density at radius 2 is 2.27 bits per heavy atom. The second kappa shape index (κ2) is 6.08. The summed E-state index contributed by atoms with van der Waals surface area (Å²) in [6.45, 7) is 5.56. The number of hydrogen-bond donors (Lipinski definition) is 2. The van der Waals surface area contributed by atoms with Gasteiger partial charge in [0.1, 0.15) is 0 Å². The molecule has 0 aromatic heterocycles. The molecule has 1 aliphatic rings. The molecule has 0 aromatic carbocycles. The van der Waals surface area contributed by atoms with Crippen molar-refractivity contribution in [2.45, 2.75) is 58.0 Å². The number of nitrogens with zero attached hydrogens (tertiary/aromatic N) is 1. The zero-order valence-electron chi connectivity index (χ0n) is 9.83. The fourth-order valence-electron chi connectivity index (χ4n) is 2.01. The van der Waals surface area contributed by atoms with Crippen molar-refractivity contribution in [2.75, 3.05) is 6.54 Å². The molecule has 1 amide bonds. The summed E-state index contributed by atoms with van der Waals surface area (Å²) < 4.78 is 0. The molecule has 1 fully saturated rings. The van der Waals surface area contributed by atoms with Crippen molar-refractivity contribution in [2.24, 2.45) is 5.84 Å². The Kier molecular flexibility index (Phi) is 5.05. The summed E-state index contributed by atoms with van der Waals surface area (Å²) in [5, 5.41) is 0. The molecule has 0 aliphatic heterocycles. The predicted molar refractivity (Wildman–Crippen MR) is 61.0 cm³/mol. The molecule has 1 rings (SSSR count). The van der Waals surface area contributed by atoms with Crippen LogP contribution < -0.4 is 11.3 Å². The molecule has 0 heterocycles. The van der Waals surface area contributed by atoms with E-state index < -0.39 is 0 Å². The van der Waals surface area contributed by atoms with Crippen LogP contribution in [0.5, 0.6) is 0 Å². The molecule has 4 heteroatoms. The van der Waals surface area contributed by atoms with Gasteiger partial charge in [0.2, 0.25) is 5.91 Å². The second-order valence-corrected chi connectivity index (χ2v) is 4.42. The standard InChI is InChI=1S/C11H23N3O/c1-3-8-14(10-5-6-10)9(2)4-7-11(15)13-12/h9-10H,3-8,12H2,1-2H3,(H,13,15). The molecule has 1 saturated carbocycles. The zero-order chi connectivity index (χ0) is 11.3. The van der Waals surface area contributed by atoms with Gasteiger partial charge in [0, 0.05) is 18.5 Å². The third-order valence-electron chi connectivity index (χ3n) is 3.01. The van der Waals surface area contributed by atoms with Crippen molar-refractivity contribution in [1.29, 1.82) is 0 Å². The molecule has 0 saturated heterocycles. The van der Waals surface area contributed by atoms with Crippen LogP contribution in [0, 0.1) is 0 Å². The SMILES string of the molecule is CCCN(C(C)CCC(=O)NN)C1CC1. The number of amides is 1. The number of rotatable bonds is 7. The number of carbonyl (C=O) groups excluding carboxylic acids is 1.